The number of hydrogen-bond acceptors (Lipinski definition) is 4. The largest absolute Gasteiger partial charge is 0.503 e. The van der Waals surface area contributed by atoms with Gasteiger partial charge in [0.1, 0.15) is 0 Å². The second-order valence-corrected chi connectivity index (χ2v) is 4.77. The Hall–Kier alpha value is -2.14. The van der Waals surface area contributed by atoms with E-state index in [4.69, 9.17) is 5.73 Å². The van der Waals surface area contributed by atoms with Gasteiger partial charge in [-0.3, -0.25) is 9.59 Å². The fourth-order valence-corrected chi connectivity index (χ4v) is 2.49. The molecule has 1 atom stereocenters. The van der Waals surface area contributed by atoms with E-state index in [0.29, 0.717) is 19.5 Å². The van der Waals surface area contributed by atoms with Gasteiger partial charge in [-0.05, 0) is 25.5 Å². The van der Waals surface area contributed by atoms with Gasteiger partial charge in [-0.2, -0.15) is 0 Å². The van der Waals surface area contributed by atoms with Crippen molar-refractivity contribution >= 4 is 11.7 Å². The Bertz CT molecular complexity index is 551. The molecule has 2 rings (SSSR count). The van der Waals surface area contributed by atoms with Crippen LogP contribution in [-0.4, -0.2) is 34.8 Å². The zero-order valence-corrected chi connectivity index (χ0v) is 11.4. The molecule has 0 aliphatic carbocycles. The van der Waals surface area contributed by atoms with Crippen molar-refractivity contribution in [1.29, 1.82) is 0 Å². The minimum atomic E-state index is -0.521. The summed E-state index contributed by atoms with van der Waals surface area (Å²) in [6.07, 6.45) is 0.619. The SMILES string of the molecule is CC(=O)C1=C(O)C(=O)N(CCCN)[C@@H]1c1ccccc1. The molecule has 106 valence electrons. The third-order valence-electron chi connectivity index (χ3n) is 3.40. The summed E-state index contributed by atoms with van der Waals surface area (Å²) in [7, 11) is 0. The first kappa shape index (κ1) is 14.3. The molecule has 0 aromatic heterocycles. The predicted octanol–water partition coefficient (Wildman–Crippen LogP) is 1.32. The number of carbonyl (C=O) groups excluding carboxylic acids is 2. The highest BCUT2D eigenvalue weighted by Crippen LogP contribution is 2.37. The smallest absolute Gasteiger partial charge is 0.290 e. The summed E-state index contributed by atoms with van der Waals surface area (Å²) in [4.78, 5) is 25.4. The summed E-state index contributed by atoms with van der Waals surface area (Å²) in [6.45, 7) is 2.22. The molecule has 0 radical (unpaired) electrons. The number of hydrogen-bond donors (Lipinski definition) is 2. The van der Waals surface area contributed by atoms with E-state index in [0.717, 1.165) is 5.56 Å². The topological polar surface area (TPSA) is 83.6 Å². The van der Waals surface area contributed by atoms with Crippen LogP contribution in [0.15, 0.2) is 41.7 Å². The number of nitrogens with zero attached hydrogens (tertiary/aromatic N) is 1. The molecule has 1 aromatic carbocycles. The lowest BCUT2D eigenvalue weighted by atomic mass is 9.97. The molecule has 1 aliphatic rings. The molecule has 20 heavy (non-hydrogen) atoms. The number of amides is 1. The van der Waals surface area contributed by atoms with E-state index in [2.05, 4.69) is 0 Å². The second-order valence-electron chi connectivity index (χ2n) is 4.77. The summed E-state index contributed by atoms with van der Waals surface area (Å²) in [5.74, 6) is -1.24. The van der Waals surface area contributed by atoms with Crippen LogP contribution >= 0.6 is 0 Å². The Labute approximate surface area is 117 Å². The minimum absolute atomic E-state index is 0.165. The predicted molar refractivity (Wildman–Crippen MR) is 74.9 cm³/mol. The second kappa shape index (κ2) is 5.88. The molecule has 0 bridgehead atoms. The van der Waals surface area contributed by atoms with Gasteiger partial charge in [0.05, 0.1) is 11.6 Å². The molecule has 1 aromatic rings. The lowest BCUT2D eigenvalue weighted by Crippen LogP contribution is -2.32. The van der Waals surface area contributed by atoms with Crippen LogP contribution in [0.1, 0.15) is 24.9 Å². The fraction of sp³-hybridized carbons (Fsp3) is 0.333. The van der Waals surface area contributed by atoms with Crippen molar-refractivity contribution in [2.75, 3.05) is 13.1 Å². The lowest BCUT2D eigenvalue weighted by molar-refractivity contribution is -0.129. The van der Waals surface area contributed by atoms with Crippen molar-refractivity contribution < 1.29 is 14.7 Å². The van der Waals surface area contributed by atoms with Gasteiger partial charge in [-0.1, -0.05) is 30.3 Å². The normalized spacial score (nSPS) is 18.8. The summed E-state index contributed by atoms with van der Waals surface area (Å²) < 4.78 is 0. The summed E-state index contributed by atoms with van der Waals surface area (Å²) >= 11 is 0. The first-order valence-electron chi connectivity index (χ1n) is 6.58. The minimum Gasteiger partial charge on any atom is -0.503 e. The Kier molecular flexibility index (Phi) is 4.20. The monoisotopic (exact) mass is 274 g/mol. The van der Waals surface area contributed by atoms with Crippen molar-refractivity contribution in [3.05, 3.63) is 47.2 Å². The van der Waals surface area contributed by atoms with E-state index in [-0.39, 0.29) is 11.4 Å². The Morgan fingerprint density at radius 1 is 1.35 bits per heavy atom. The molecule has 0 saturated heterocycles. The van der Waals surface area contributed by atoms with E-state index in [9.17, 15) is 14.7 Å². The van der Waals surface area contributed by atoms with Crippen LogP contribution < -0.4 is 5.73 Å². The van der Waals surface area contributed by atoms with Gasteiger partial charge in [0.2, 0.25) is 0 Å². The fourth-order valence-electron chi connectivity index (χ4n) is 2.49. The molecule has 1 aliphatic heterocycles. The molecule has 0 saturated carbocycles. The van der Waals surface area contributed by atoms with Gasteiger partial charge in [0, 0.05) is 6.54 Å². The molecule has 1 heterocycles. The molecule has 0 fully saturated rings. The molecule has 1 amide bonds. The number of ketones is 1. The Balaban J connectivity index is 2.45. The van der Waals surface area contributed by atoms with Crippen LogP contribution in [0.2, 0.25) is 0 Å². The number of rotatable bonds is 5. The average Bonchev–Trinajstić information content (AvgIpc) is 2.70. The quantitative estimate of drug-likeness (QED) is 0.848. The van der Waals surface area contributed by atoms with Crippen LogP contribution in [0.5, 0.6) is 0 Å². The van der Waals surface area contributed by atoms with Gasteiger partial charge in [0.15, 0.2) is 11.5 Å². The van der Waals surface area contributed by atoms with E-state index in [1.54, 1.807) is 0 Å². The van der Waals surface area contributed by atoms with Gasteiger partial charge in [-0.25, -0.2) is 0 Å². The van der Waals surface area contributed by atoms with Crippen molar-refractivity contribution in [3.8, 4) is 0 Å². The van der Waals surface area contributed by atoms with Crippen molar-refractivity contribution in [3.63, 3.8) is 0 Å². The van der Waals surface area contributed by atoms with E-state index in [1.807, 2.05) is 30.3 Å². The highest BCUT2D eigenvalue weighted by atomic mass is 16.3. The number of aliphatic hydroxyl groups excluding tert-OH is 1. The van der Waals surface area contributed by atoms with Crippen LogP contribution in [0, 0.1) is 0 Å². The molecule has 5 heteroatoms. The highest BCUT2D eigenvalue weighted by Gasteiger charge is 2.41. The van der Waals surface area contributed by atoms with E-state index < -0.39 is 17.7 Å². The summed E-state index contributed by atoms with van der Waals surface area (Å²) in [5, 5.41) is 9.97. The molecule has 5 nitrogen and oxygen atoms in total. The third-order valence-corrected chi connectivity index (χ3v) is 3.40. The molecule has 0 spiro atoms. The number of nitrogens with two attached hydrogens (primary N) is 1. The van der Waals surface area contributed by atoms with Crippen LogP contribution in [0.4, 0.5) is 0 Å². The van der Waals surface area contributed by atoms with Gasteiger partial charge >= 0.3 is 0 Å². The van der Waals surface area contributed by atoms with E-state index >= 15 is 0 Å². The first-order chi connectivity index (χ1) is 9.57. The third kappa shape index (κ3) is 2.44. The zero-order valence-electron chi connectivity index (χ0n) is 11.4. The van der Waals surface area contributed by atoms with Crippen LogP contribution in [-0.2, 0) is 9.59 Å². The average molecular weight is 274 g/mol. The zero-order chi connectivity index (χ0) is 14.7. The summed E-state index contributed by atoms with van der Waals surface area (Å²) in [5.41, 5.74) is 6.46. The van der Waals surface area contributed by atoms with Gasteiger partial charge in [0.25, 0.3) is 5.91 Å². The van der Waals surface area contributed by atoms with Gasteiger partial charge in [-0.15, -0.1) is 0 Å². The lowest BCUT2D eigenvalue weighted by Gasteiger charge is -2.26. The van der Waals surface area contributed by atoms with Crippen molar-refractivity contribution in [1.82, 2.24) is 4.90 Å². The van der Waals surface area contributed by atoms with Crippen LogP contribution in [0.3, 0.4) is 0 Å². The Morgan fingerprint density at radius 2 is 2.00 bits per heavy atom. The van der Waals surface area contributed by atoms with Crippen molar-refractivity contribution in [2.24, 2.45) is 5.73 Å². The maximum absolute atomic E-state index is 12.1. The maximum atomic E-state index is 12.1. The number of Topliss-reactive ketones (excluding diaryl/α,β-unsaturated/α-hetero) is 1. The molecular formula is C15H18N2O3. The van der Waals surface area contributed by atoms with Crippen LogP contribution in [0.25, 0.3) is 0 Å². The van der Waals surface area contributed by atoms with E-state index in [1.165, 1.54) is 11.8 Å². The number of carbonyl (C=O) groups is 2. The summed E-state index contributed by atoms with van der Waals surface area (Å²) in [6, 6.07) is 8.71. The molecular weight excluding hydrogens is 256 g/mol. The Morgan fingerprint density at radius 3 is 2.55 bits per heavy atom. The van der Waals surface area contributed by atoms with Gasteiger partial charge < -0.3 is 15.7 Å². The number of aliphatic hydroxyl groups is 1. The molecule has 0 unspecified atom stereocenters. The molecule has 3 N–H and O–H groups in total. The number of benzene rings is 1. The first-order valence-corrected chi connectivity index (χ1v) is 6.58. The standard InChI is InChI=1S/C15H18N2O3/c1-10(18)12-13(11-6-3-2-4-7-11)17(9-5-8-16)15(20)14(12)19/h2-4,6-7,13,19H,5,8-9,16H2,1H3/t13-/m1/s1. The van der Waals surface area contributed by atoms with Crippen molar-refractivity contribution in [2.45, 2.75) is 19.4 Å². The highest BCUT2D eigenvalue weighted by molar-refractivity contribution is 6.08. The maximum Gasteiger partial charge on any atom is 0.290 e.